The molecule has 0 aliphatic heterocycles. The van der Waals surface area contributed by atoms with Crippen LogP contribution in [0.15, 0.2) is 36.4 Å². The van der Waals surface area contributed by atoms with E-state index in [1.54, 1.807) is 18.2 Å². The van der Waals surface area contributed by atoms with E-state index in [-0.39, 0.29) is 10.8 Å². The van der Waals surface area contributed by atoms with Crippen molar-refractivity contribution >= 4 is 17.6 Å². The number of benzene rings is 2. The summed E-state index contributed by atoms with van der Waals surface area (Å²) in [5.74, 6) is -1.14. The number of hydrogen-bond acceptors (Lipinski definition) is 2. The lowest BCUT2D eigenvalue weighted by molar-refractivity contribution is -0.153. The highest BCUT2D eigenvalue weighted by molar-refractivity contribution is 6.34. The lowest BCUT2D eigenvalue weighted by atomic mass is 9.78. The summed E-state index contributed by atoms with van der Waals surface area (Å²) < 4.78 is 43.0. The van der Waals surface area contributed by atoms with Crippen LogP contribution in [-0.2, 0) is 10.2 Å². The van der Waals surface area contributed by atoms with Gasteiger partial charge in [-0.3, -0.25) is 4.79 Å². The van der Waals surface area contributed by atoms with Crippen molar-refractivity contribution in [3.05, 3.63) is 52.5 Å². The molecule has 1 N–H and O–H groups in total. The van der Waals surface area contributed by atoms with Gasteiger partial charge in [0.2, 0.25) is 0 Å². The molecule has 1 fully saturated rings. The van der Waals surface area contributed by atoms with Crippen molar-refractivity contribution in [2.24, 2.45) is 0 Å². The summed E-state index contributed by atoms with van der Waals surface area (Å²) in [6.07, 6.45) is -2.19. The van der Waals surface area contributed by atoms with Gasteiger partial charge < -0.3 is 9.84 Å². The molecular weight excluding hydrogens is 393 g/mol. The molecule has 0 aromatic heterocycles. The van der Waals surface area contributed by atoms with E-state index >= 15 is 0 Å². The third-order valence-electron chi connectivity index (χ3n) is 5.21. The molecule has 0 unspecified atom stereocenters. The van der Waals surface area contributed by atoms with E-state index in [1.165, 1.54) is 6.07 Å². The molecule has 2 aromatic carbocycles. The van der Waals surface area contributed by atoms with Gasteiger partial charge >= 0.3 is 12.1 Å². The average molecular weight is 413 g/mol. The lowest BCUT2D eigenvalue weighted by Gasteiger charge is -2.26. The van der Waals surface area contributed by atoms with Gasteiger partial charge in [0.15, 0.2) is 6.61 Å². The molecule has 0 spiro atoms. The van der Waals surface area contributed by atoms with Crippen molar-refractivity contribution in [3.8, 4) is 16.9 Å². The summed E-state index contributed by atoms with van der Waals surface area (Å²) in [4.78, 5) is 12.1. The van der Waals surface area contributed by atoms with Gasteiger partial charge in [0.25, 0.3) is 0 Å². The fraction of sp³-hybridized carbons (Fsp3) is 0.381. The highest BCUT2D eigenvalue weighted by atomic mass is 35.5. The van der Waals surface area contributed by atoms with Crippen molar-refractivity contribution < 1.29 is 27.8 Å². The predicted octanol–water partition coefficient (Wildman–Crippen LogP) is 6.15. The monoisotopic (exact) mass is 412 g/mol. The molecule has 28 heavy (non-hydrogen) atoms. The van der Waals surface area contributed by atoms with Gasteiger partial charge in [-0.2, -0.15) is 13.2 Å². The molecule has 1 saturated carbocycles. The van der Waals surface area contributed by atoms with E-state index in [1.807, 2.05) is 19.1 Å². The van der Waals surface area contributed by atoms with E-state index in [0.29, 0.717) is 29.5 Å². The van der Waals surface area contributed by atoms with E-state index < -0.39 is 24.2 Å². The molecule has 0 atom stereocenters. The number of ether oxygens (including phenoxy) is 1. The molecule has 150 valence electrons. The number of carboxylic acids is 1. The number of alkyl halides is 3. The third-order valence-corrected chi connectivity index (χ3v) is 5.60. The number of carbonyl (C=O) groups is 1. The highest BCUT2D eigenvalue weighted by Crippen LogP contribution is 2.46. The zero-order chi connectivity index (χ0) is 20.5. The second-order valence-electron chi connectivity index (χ2n) is 7.20. The molecule has 1 aliphatic rings. The molecule has 3 nitrogen and oxygen atoms in total. The average Bonchev–Trinajstić information content (AvgIpc) is 3.12. The zero-order valence-corrected chi connectivity index (χ0v) is 16.0. The first-order valence-corrected chi connectivity index (χ1v) is 9.34. The van der Waals surface area contributed by atoms with Crippen LogP contribution in [0.2, 0.25) is 5.02 Å². The minimum atomic E-state index is -4.53. The van der Waals surface area contributed by atoms with Gasteiger partial charge in [-0.05, 0) is 43.0 Å². The topological polar surface area (TPSA) is 46.5 Å². The number of hydrogen-bond donors (Lipinski definition) is 1. The summed E-state index contributed by atoms with van der Waals surface area (Å²) >= 11 is 6.38. The lowest BCUT2D eigenvalue weighted by Crippen LogP contribution is -2.32. The van der Waals surface area contributed by atoms with Crippen LogP contribution in [0.25, 0.3) is 11.1 Å². The smallest absolute Gasteiger partial charge is 0.422 e. The van der Waals surface area contributed by atoms with Gasteiger partial charge in [-0.15, -0.1) is 0 Å². The van der Waals surface area contributed by atoms with Crippen LogP contribution in [-0.4, -0.2) is 23.9 Å². The Bertz CT molecular complexity index is 870. The van der Waals surface area contributed by atoms with Crippen molar-refractivity contribution in [2.45, 2.75) is 44.2 Å². The second kappa shape index (κ2) is 7.66. The molecule has 0 heterocycles. The van der Waals surface area contributed by atoms with Gasteiger partial charge in [0.1, 0.15) is 5.75 Å². The maximum atomic E-state index is 12.7. The Kier molecular flexibility index (Phi) is 5.62. The SMILES string of the molecule is Cc1ccc(-c2cc(C3(C(=O)O)CCCC3)cc(OCC(F)(F)F)c2Cl)cc1. The Balaban J connectivity index is 2.15. The molecule has 0 bridgehead atoms. The Morgan fingerprint density at radius 3 is 2.32 bits per heavy atom. The zero-order valence-electron chi connectivity index (χ0n) is 15.3. The van der Waals surface area contributed by atoms with Gasteiger partial charge in [0.05, 0.1) is 10.4 Å². The van der Waals surface area contributed by atoms with E-state index in [4.69, 9.17) is 16.3 Å². The first-order valence-electron chi connectivity index (χ1n) is 8.96. The first kappa shape index (κ1) is 20.5. The largest absolute Gasteiger partial charge is 0.483 e. The molecule has 3 rings (SSSR count). The summed E-state index contributed by atoms with van der Waals surface area (Å²) in [5, 5.41) is 9.92. The maximum absolute atomic E-state index is 12.7. The van der Waals surface area contributed by atoms with E-state index in [2.05, 4.69) is 0 Å². The normalized spacial score (nSPS) is 16.2. The van der Waals surface area contributed by atoms with Gasteiger partial charge in [0, 0.05) is 5.56 Å². The summed E-state index contributed by atoms with van der Waals surface area (Å²) in [6, 6.07) is 10.3. The Labute approximate surface area is 166 Å². The fourth-order valence-electron chi connectivity index (χ4n) is 3.69. The Morgan fingerprint density at radius 1 is 1.18 bits per heavy atom. The molecule has 7 heteroatoms. The number of aliphatic carboxylic acids is 1. The molecule has 0 amide bonds. The second-order valence-corrected chi connectivity index (χ2v) is 7.58. The van der Waals surface area contributed by atoms with Crippen LogP contribution in [0, 0.1) is 6.92 Å². The number of aryl methyl sites for hydroxylation is 1. The van der Waals surface area contributed by atoms with Gasteiger partial charge in [-0.1, -0.05) is 54.3 Å². The van der Waals surface area contributed by atoms with Crippen LogP contribution in [0.5, 0.6) is 5.75 Å². The Hall–Kier alpha value is -2.21. The number of halogens is 4. The predicted molar refractivity (Wildman–Crippen MR) is 101 cm³/mol. The standard InChI is InChI=1S/C21H20ClF3O3/c1-13-4-6-14(7-5-13)16-10-15(20(19(26)27)8-2-3-9-20)11-17(18(16)22)28-12-21(23,24)25/h4-7,10-11H,2-3,8-9,12H2,1H3,(H,26,27). The number of carboxylic acid groups (broad SMARTS) is 1. The summed E-state index contributed by atoms with van der Waals surface area (Å²) in [5.41, 5.74) is 1.45. The van der Waals surface area contributed by atoms with Crippen LogP contribution in [0.4, 0.5) is 13.2 Å². The number of rotatable bonds is 5. The highest BCUT2D eigenvalue weighted by Gasteiger charge is 2.43. The molecule has 0 saturated heterocycles. The van der Waals surface area contributed by atoms with Crippen LogP contribution < -0.4 is 4.74 Å². The minimum absolute atomic E-state index is 0.0374. The van der Waals surface area contributed by atoms with Gasteiger partial charge in [-0.25, -0.2) is 0 Å². The molecule has 0 radical (unpaired) electrons. The maximum Gasteiger partial charge on any atom is 0.422 e. The molecule has 2 aromatic rings. The minimum Gasteiger partial charge on any atom is -0.483 e. The summed E-state index contributed by atoms with van der Waals surface area (Å²) in [6.45, 7) is 0.418. The van der Waals surface area contributed by atoms with Crippen LogP contribution >= 0.6 is 11.6 Å². The van der Waals surface area contributed by atoms with Crippen LogP contribution in [0.1, 0.15) is 36.8 Å². The van der Waals surface area contributed by atoms with Crippen molar-refractivity contribution in [2.75, 3.05) is 6.61 Å². The van der Waals surface area contributed by atoms with Crippen molar-refractivity contribution in [1.29, 1.82) is 0 Å². The van der Waals surface area contributed by atoms with E-state index in [0.717, 1.165) is 18.4 Å². The van der Waals surface area contributed by atoms with Crippen LogP contribution in [0.3, 0.4) is 0 Å². The fourth-order valence-corrected chi connectivity index (χ4v) is 3.96. The Morgan fingerprint density at radius 2 is 1.79 bits per heavy atom. The van der Waals surface area contributed by atoms with Crippen molar-refractivity contribution in [1.82, 2.24) is 0 Å². The third kappa shape index (κ3) is 4.12. The summed E-state index contributed by atoms with van der Waals surface area (Å²) in [7, 11) is 0. The van der Waals surface area contributed by atoms with E-state index in [9.17, 15) is 23.1 Å². The van der Waals surface area contributed by atoms with Crippen molar-refractivity contribution in [3.63, 3.8) is 0 Å². The first-order chi connectivity index (χ1) is 13.1. The quantitative estimate of drug-likeness (QED) is 0.640. The molecular formula is C21H20ClF3O3. The molecule has 1 aliphatic carbocycles.